The second-order valence-corrected chi connectivity index (χ2v) is 6.16. The van der Waals surface area contributed by atoms with E-state index in [-0.39, 0.29) is 37.0 Å². The van der Waals surface area contributed by atoms with Gasteiger partial charge in [0.05, 0.1) is 20.8 Å². The van der Waals surface area contributed by atoms with Gasteiger partial charge in [0, 0.05) is 24.0 Å². The normalized spacial score (nSPS) is 10.4. The second kappa shape index (κ2) is 9.50. The minimum atomic E-state index is -0.270. The highest BCUT2D eigenvalue weighted by molar-refractivity contribution is 5.98. The van der Waals surface area contributed by atoms with E-state index < -0.39 is 0 Å². The molecule has 1 aromatic heterocycles. The third-order valence-electron chi connectivity index (χ3n) is 4.21. The highest BCUT2D eigenvalue weighted by atomic mass is 16.5. The molecule has 3 aromatic rings. The number of nitrogens with zero attached hydrogens (tertiary/aromatic N) is 2. The average Bonchev–Trinajstić information content (AvgIpc) is 3.25. The molecule has 3 rings (SSSR count). The molecule has 0 fully saturated rings. The third-order valence-corrected chi connectivity index (χ3v) is 4.21. The molecule has 0 aliphatic rings. The van der Waals surface area contributed by atoms with Gasteiger partial charge in [0.1, 0.15) is 11.5 Å². The van der Waals surface area contributed by atoms with Crippen molar-refractivity contribution in [2.45, 2.75) is 19.4 Å². The van der Waals surface area contributed by atoms with E-state index in [0.717, 1.165) is 5.56 Å². The van der Waals surface area contributed by atoms with E-state index in [4.69, 9.17) is 13.9 Å². The van der Waals surface area contributed by atoms with Crippen LogP contribution in [-0.2, 0) is 11.3 Å². The van der Waals surface area contributed by atoms with Crippen LogP contribution < -0.4 is 14.8 Å². The van der Waals surface area contributed by atoms with E-state index in [0.29, 0.717) is 23.0 Å². The van der Waals surface area contributed by atoms with Crippen molar-refractivity contribution in [3.8, 4) is 23.0 Å². The van der Waals surface area contributed by atoms with E-state index in [1.54, 1.807) is 44.6 Å². The number of carbonyl (C=O) groups excluding carboxylic acids is 2. The van der Waals surface area contributed by atoms with Gasteiger partial charge in [-0.2, -0.15) is 0 Å². The zero-order chi connectivity index (χ0) is 20.6. The van der Waals surface area contributed by atoms with Crippen LogP contribution in [-0.4, -0.2) is 36.1 Å². The summed E-state index contributed by atoms with van der Waals surface area (Å²) in [5.41, 5.74) is 1.26. The molecule has 29 heavy (non-hydrogen) atoms. The Hall–Kier alpha value is -3.68. The Morgan fingerprint density at radius 2 is 1.72 bits per heavy atom. The molecular formula is C21H21N3O5. The number of amides is 1. The first kappa shape index (κ1) is 20.1. The van der Waals surface area contributed by atoms with Crippen LogP contribution in [0.2, 0.25) is 0 Å². The van der Waals surface area contributed by atoms with Crippen molar-refractivity contribution in [1.82, 2.24) is 15.5 Å². The molecule has 0 saturated heterocycles. The Morgan fingerprint density at radius 3 is 2.45 bits per heavy atom. The van der Waals surface area contributed by atoms with Crippen LogP contribution in [0, 0.1) is 0 Å². The number of ether oxygens (including phenoxy) is 2. The zero-order valence-corrected chi connectivity index (χ0v) is 16.2. The second-order valence-electron chi connectivity index (χ2n) is 6.16. The van der Waals surface area contributed by atoms with Crippen LogP contribution in [0.5, 0.6) is 11.5 Å². The molecule has 0 aliphatic carbocycles. The van der Waals surface area contributed by atoms with Gasteiger partial charge in [0.25, 0.3) is 0 Å². The maximum absolute atomic E-state index is 12.2. The summed E-state index contributed by atoms with van der Waals surface area (Å²) < 4.78 is 15.8. The van der Waals surface area contributed by atoms with Crippen molar-refractivity contribution in [1.29, 1.82) is 0 Å². The van der Waals surface area contributed by atoms with Crippen molar-refractivity contribution in [2.24, 2.45) is 0 Å². The predicted octanol–water partition coefficient (Wildman–Crippen LogP) is 3.03. The number of carbonyl (C=O) groups is 2. The fraction of sp³-hybridized carbons (Fsp3) is 0.238. The number of aromatic nitrogens is 2. The van der Waals surface area contributed by atoms with E-state index in [1.807, 2.05) is 18.2 Å². The van der Waals surface area contributed by atoms with Gasteiger partial charge in [-0.05, 0) is 42.5 Å². The first-order valence-electron chi connectivity index (χ1n) is 9.00. The topological polar surface area (TPSA) is 104 Å². The highest BCUT2D eigenvalue weighted by Gasteiger charge is 2.12. The smallest absolute Gasteiger partial charge is 0.247 e. The number of hydrogen-bond donors (Lipinski definition) is 1. The van der Waals surface area contributed by atoms with Gasteiger partial charge in [-0.25, -0.2) is 0 Å². The summed E-state index contributed by atoms with van der Waals surface area (Å²) in [6.45, 7) is 0.0898. The zero-order valence-electron chi connectivity index (χ0n) is 16.2. The van der Waals surface area contributed by atoms with Crippen LogP contribution in [0.4, 0.5) is 0 Å². The lowest BCUT2D eigenvalue weighted by Gasteiger charge is -2.04. The van der Waals surface area contributed by atoms with Gasteiger partial charge >= 0.3 is 0 Å². The number of Topliss-reactive ketones (excluding diaryl/α,β-unsaturated/α-hetero) is 1. The Labute approximate surface area is 167 Å². The largest absolute Gasteiger partial charge is 0.497 e. The molecule has 1 amide bonds. The molecule has 0 atom stereocenters. The number of rotatable bonds is 9. The van der Waals surface area contributed by atoms with Gasteiger partial charge in [-0.1, -0.05) is 6.07 Å². The van der Waals surface area contributed by atoms with Crippen molar-refractivity contribution in [2.75, 3.05) is 14.2 Å². The summed E-state index contributed by atoms with van der Waals surface area (Å²) >= 11 is 0. The van der Waals surface area contributed by atoms with E-state index in [2.05, 4.69) is 15.5 Å². The molecule has 2 aromatic carbocycles. The quantitative estimate of drug-likeness (QED) is 0.555. The SMILES string of the molecule is COc1ccc(C(=O)CCC(=O)NCc2nnc(-c3cccc(OC)c3)o2)cc1. The lowest BCUT2D eigenvalue weighted by Crippen LogP contribution is -2.23. The minimum absolute atomic E-state index is 0.0712. The highest BCUT2D eigenvalue weighted by Crippen LogP contribution is 2.22. The molecule has 1 heterocycles. The third kappa shape index (κ3) is 5.41. The maximum atomic E-state index is 12.2. The van der Waals surface area contributed by atoms with Gasteiger partial charge < -0.3 is 19.2 Å². The molecule has 0 unspecified atom stereocenters. The summed E-state index contributed by atoms with van der Waals surface area (Å²) in [4.78, 5) is 24.2. The van der Waals surface area contributed by atoms with Crippen LogP contribution >= 0.6 is 0 Å². The monoisotopic (exact) mass is 395 g/mol. The first-order valence-corrected chi connectivity index (χ1v) is 9.00. The van der Waals surface area contributed by atoms with Crippen molar-refractivity contribution < 1.29 is 23.5 Å². The molecule has 1 N–H and O–H groups in total. The minimum Gasteiger partial charge on any atom is -0.497 e. The summed E-state index contributed by atoms with van der Waals surface area (Å²) in [6, 6.07) is 14.0. The lowest BCUT2D eigenvalue weighted by atomic mass is 10.1. The summed E-state index contributed by atoms with van der Waals surface area (Å²) in [6.07, 6.45) is 0.179. The molecule has 0 spiro atoms. The fourth-order valence-corrected chi connectivity index (χ4v) is 2.61. The first-order chi connectivity index (χ1) is 14.1. The van der Waals surface area contributed by atoms with E-state index in [1.165, 1.54) is 0 Å². The molecule has 0 bridgehead atoms. The molecule has 0 radical (unpaired) electrons. The van der Waals surface area contributed by atoms with Crippen molar-refractivity contribution >= 4 is 11.7 Å². The Morgan fingerprint density at radius 1 is 0.966 bits per heavy atom. The molecule has 8 heteroatoms. The Kier molecular flexibility index (Phi) is 6.57. The Bertz CT molecular complexity index is 982. The molecular weight excluding hydrogens is 374 g/mol. The van der Waals surface area contributed by atoms with Gasteiger partial charge in [-0.3, -0.25) is 9.59 Å². The van der Waals surface area contributed by atoms with Crippen molar-refractivity contribution in [3.05, 3.63) is 60.0 Å². The Balaban J connectivity index is 1.48. The fourth-order valence-electron chi connectivity index (χ4n) is 2.61. The number of nitrogens with one attached hydrogen (secondary N) is 1. The number of benzene rings is 2. The predicted molar refractivity (Wildman–Crippen MR) is 105 cm³/mol. The van der Waals surface area contributed by atoms with E-state index >= 15 is 0 Å². The van der Waals surface area contributed by atoms with Gasteiger partial charge in [0.15, 0.2) is 5.78 Å². The number of hydrogen-bond acceptors (Lipinski definition) is 7. The van der Waals surface area contributed by atoms with Crippen LogP contribution in [0.15, 0.2) is 52.9 Å². The van der Waals surface area contributed by atoms with E-state index in [9.17, 15) is 9.59 Å². The molecule has 0 aliphatic heterocycles. The summed E-state index contributed by atoms with van der Waals surface area (Å²) in [7, 11) is 3.14. The van der Waals surface area contributed by atoms with Crippen molar-refractivity contribution in [3.63, 3.8) is 0 Å². The average molecular weight is 395 g/mol. The number of methoxy groups -OCH3 is 2. The van der Waals surface area contributed by atoms with Crippen LogP contribution in [0.25, 0.3) is 11.5 Å². The van der Waals surface area contributed by atoms with Gasteiger partial charge in [0.2, 0.25) is 17.7 Å². The van der Waals surface area contributed by atoms with Crippen LogP contribution in [0.1, 0.15) is 29.1 Å². The maximum Gasteiger partial charge on any atom is 0.247 e. The standard InChI is InChI=1S/C21H21N3O5/c1-27-16-8-6-14(7-9-16)18(25)10-11-19(26)22-13-20-23-24-21(29-20)15-4-3-5-17(12-15)28-2/h3-9,12H,10-11,13H2,1-2H3,(H,22,26). The molecule has 8 nitrogen and oxygen atoms in total. The summed E-state index contributed by atoms with van der Waals surface area (Å²) in [5, 5.41) is 10.6. The van der Waals surface area contributed by atoms with Crippen LogP contribution in [0.3, 0.4) is 0 Å². The lowest BCUT2D eigenvalue weighted by molar-refractivity contribution is -0.121. The number of ketones is 1. The molecule has 0 saturated carbocycles. The summed E-state index contributed by atoms with van der Waals surface area (Å²) in [5.74, 6) is 1.58. The molecule has 150 valence electrons. The van der Waals surface area contributed by atoms with Gasteiger partial charge in [-0.15, -0.1) is 10.2 Å².